The lowest BCUT2D eigenvalue weighted by Crippen LogP contribution is -2.34. The van der Waals surface area contributed by atoms with Gasteiger partial charge in [-0.15, -0.1) is 0 Å². The summed E-state index contributed by atoms with van der Waals surface area (Å²) < 4.78 is 22.2. The Bertz CT molecular complexity index is 568. The van der Waals surface area contributed by atoms with Crippen LogP contribution in [0.5, 0.6) is 0 Å². The fourth-order valence-corrected chi connectivity index (χ4v) is 2.17. The van der Waals surface area contributed by atoms with Crippen molar-refractivity contribution in [1.82, 2.24) is 0 Å². The number of carbonyl (C=O) groups excluding carboxylic acids is 1. The minimum atomic E-state index is -3.23. The molecule has 0 saturated carbocycles. The monoisotopic (exact) mass is 299 g/mol. The van der Waals surface area contributed by atoms with Crippen molar-refractivity contribution < 1.29 is 23.1 Å². The zero-order valence-corrected chi connectivity index (χ0v) is 12.0. The molecule has 0 spiro atoms. The second kappa shape index (κ2) is 7.04. The summed E-state index contributed by atoms with van der Waals surface area (Å²) in [6.45, 7) is 0.0158. The average molecular weight is 299 g/mol. The van der Waals surface area contributed by atoms with Gasteiger partial charge >= 0.3 is 5.97 Å². The van der Waals surface area contributed by atoms with Crippen LogP contribution >= 0.6 is 0 Å². The molecule has 0 unspecified atom stereocenters. The van der Waals surface area contributed by atoms with Gasteiger partial charge in [-0.05, 0) is 12.1 Å². The number of hydrogen-bond donors (Lipinski definition) is 1. The van der Waals surface area contributed by atoms with Gasteiger partial charge in [0.05, 0.1) is 12.2 Å². The van der Waals surface area contributed by atoms with Crippen LogP contribution in [0, 0.1) is 0 Å². The number of benzene rings is 1. The van der Waals surface area contributed by atoms with Crippen LogP contribution in [0.4, 0.5) is 5.69 Å². The van der Waals surface area contributed by atoms with E-state index < -0.39 is 21.7 Å². The molecule has 1 aromatic carbocycles. The Morgan fingerprint density at radius 3 is 2.25 bits per heavy atom. The first-order chi connectivity index (χ1) is 9.29. The number of aliphatic carboxylic acids is 1. The van der Waals surface area contributed by atoms with E-state index in [1.807, 2.05) is 0 Å². The van der Waals surface area contributed by atoms with Crippen molar-refractivity contribution in [1.29, 1.82) is 0 Å². The number of anilines is 1. The van der Waals surface area contributed by atoms with E-state index in [2.05, 4.69) is 0 Å². The molecule has 0 heterocycles. The molecule has 110 valence electrons. The number of carboxylic acids is 1. The van der Waals surface area contributed by atoms with E-state index in [1.54, 1.807) is 30.3 Å². The van der Waals surface area contributed by atoms with Crippen molar-refractivity contribution in [2.24, 2.45) is 0 Å². The van der Waals surface area contributed by atoms with Crippen LogP contribution in [0.1, 0.15) is 12.8 Å². The zero-order valence-electron chi connectivity index (χ0n) is 11.2. The van der Waals surface area contributed by atoms with Gasteiger partial charge in [0.2, 0.25) is 5.91 Å². The maximum Gasteiger partial charge on any atom is 0.305 e. The van der Waals surface area contributed by atoms with Crippen molar-refractivity contribution in [2.45, 2.75) is 12.8 Å². The second-order valence-electron chi connectivity index (χ2n) is 4.40. The van der Waals surface area contributed by atoms with Crippen molar-refractivity contribution in [3.63, 3.8) is 0 Å². The van der Waals surface area contributed by atoms with Gasteiger partial charge < -0.3 is 10.0 Å². The topological polar surface area (TPSA) is 91.8 Å². The zero-order chi connectivity index (χ0) is 15.2. The van der Waals surface area contributed by atoms with Crippen LogP contribution < -0.4 is 4.90 Å². The highest BCUT2D eigenvalue weighted by Gasteiger charge is 2.18. The van der Waals surface area contributed by atoms with Crippen LogP contribution in [-0.4, -0.2) is 44.0 Å². The van der Waals surface area contributed by atoms with Gasteiger partial charge in [0.15, 0.2) is 0 Å². The molecule has 0 aromatic heterocycles. The molecule has 0 fully saturated rings. The molecule has 0 aliphatic carbocycles. The first-order valence-electron chi connectivity index (χ1n) is 6.04. The van der Waals surface area contributed by atoms with Gasteiger partial charge in [0.25, 0.3) is 0 Å². The Kier molecular flexibility index (Phi) is 5.69. The lowest BCUT2D eigenvalue weighted by atomic mass is 10.2. The van der Waals surface area contributed by atoms with E-state index in [4.69, 9.17) is 5.11 Å². The number of carboxylic acid groups (broad SMARTS) is 1. The van der Waals surface area contributed by atoms with Crippen molar-refractivity contribution in [3.05, 3.63) is 30.3 Å². The SMILES string of the molecule is CS(=O)(=O)CCC(=O)N(CCC(=O)O)c1ccccc1. The Labute approximate surface area is 117 Å². The standard InChI is InChI=1S/C13H17NO5S/c1-20(18,19)10-8-12(15)14(9-7-13(16)17)11-5-3-2-4-6-11/h2-6H,7-10H2,1H3,(H,16,17). The molecular weight excluding hydrogens is 282 g/mol. The number of sulfone groups is 1. The summed E-state index contributed by atoms with van der Waals surface area (Å²) in [5.41, 5.74) is 0.562. The first-order valence-corrected chi connectivity index (χ1v) is 8.10. The maximum atomic E-state index is 12.1. The maximum absolute atomic E-state index is 12.1. The molecule has 1 aromatic rings. The summed E-state index contributed by atoms with van der Waals surface area (Å²) >= 11 is 0. The third kappa shape index (κ3) is 5.83. The molecule has 0 atom stereocenters. The third-order valence-corrected chi connectivity index (χ3v) is 3.55. The predicted molar refractivity (Wildman–Crippen MR) is 75.4 cm³/mol. The van der Waals surface area contributed by atoms with Crippen LogP contribution in [0.2, 0.25) is 0 Å². The van der Waals surface area contributed by atoms with E-state index in [9.17, 15) is 18.0 Å². The molecule has 1 N–H and O–H groups in total. The minimum Gasteiger partial charge on any atom is -0.481 e. The Morgan fingerprint density at radius 2 is 1.75 bits per heavy atom. The number of nitrogens with zero attached hydrogens (tertiary/aromatic N) is 1. The Morgan fingerprint density at radius 1 is 1.15 bits per heavy atom. The molecule has 0 bridgehead atoms. The number of hydrogen-bond acceptors (Lipinski definition) is 4. The summed E-state index contributed by atoms with van der Waals surface area (Å²) in [4.78, 5) is 24.0. The van der Waals surface area contributed by atoms with Gasteiger partial charge in [-0.25, -0.2) is 8.42 Å². The highest BCUT2D eigenvalue weighted by molar-refractivity contribution is 7.90. The second-order valence-corrected chi connectivity index (χ2v) is 6.66. The van der Waals surface area contributed by atoms with Crippen LogP contribution in [0.3, 0.4) is 0 Å². The molecule has 6 nitrogen and oxygen atoms in total. The lowest BCUT2D eigenvalue weighted by Gasteiger charge is -2.22. The summed E-state index contributed by atoms with van der Waals surface area (Å²) in [5.74, 6) is -1.66. The molecular formula is C13H17NO5S. The number of rotatable bonds is 7. The lowest BCUT2D eigenvalue weighted by molar-refractivity contribution is -0.136. The average Bonchev–Trinajstić information content (AvgIpc) is 2.36. The van der Waals surface area contributed by atoms with Crippen molar-refractivity contribution in [3.8, 4) is 0 Å². The van der Waals surface area contributed by atoms with Crippen molar-refractivity contribution in [2.75, 3.05) is 23.5 Å². The summed E-state index contributed by atoms with van der Waals surface area (Å²) in [7, 11) is -3.23. The number of para-hydroxylation sites is 1. The van der Waals surface area contributed by atoms with Gasteiger partial charge in [0, 0.05) is 24.9 Å². The van der Waals surface area contributed by atoms with Gasteiger partial charge in [-0.3, -0.25) is 9.59 Å². The van der Waals surface area contributed by atoms with E-state index in [-0.39, 0.29) is 25.1 Å². The van der Waals surface area contributed by atoms with Crippen LogP contribution in [-0.2, 0) is 19.4 Å². The molecule has 0 radical (unpaired) electrons. The molecule has 1 rings (SSSR count). The largest absolute Gasteiger partial charge is 0.481 e. The molecule has 7 heteroatoms. The summed E-state index contributed by atoms with van der Waals surface area (Å²) in [6, 6.07) is 8.60. The fraction of sp³-hybridized carbons (Fsp3) is 0.385. The number of carbonyl (C=O) groups is 2. The predicted octanol–water partition coefficient (Wildman–Crippen LogP) is 0.929. The highest BCUT2D eigenvalue weighted by Crippen LogP contribution is 2.15. The quantitative estimate of drug-likeness (QED) is 0.808. The number of amides is 1. The smallest absolute Gasteiger partial charge is 0.305 e. The molecule has 0 aliphatic heterocycles. The van der Waals surface area contributed by atoms with E-state index in [0.717, 1.165) is 6.26 Å². The van der Waals surface area contributed by atoms with Crippen LogP contribution in [0.25, 0.3) is 0 Å². The van der Waals surface area contributed by atoms with E-state index >= 15 is 0 Å². The van der Waals surface area contributed by atoms with E-state index in [0.29, 0.717) is 5.69 Å². The first kappa shape index (κ1) is 16.2. The van der Waals surface area contributed by atoms with Gasteiger partial charge in [-0.2, -0.15) is 0 Å². The molecule has 1 amide bonds. The van der Waals surface area contributed by atoms with E-state index in [1.165, 1.54) is 4.90 Å². The Balaban J connectivity index is 2.82. The molecule has 0 aliphatic rings. The third-order valence-electron chi connectivity index (χ3n) is 2.60. The van der Waals surface area contributed by atoms with Crippen molar-refractivity contribution >= 4 is 27.4 Å². The van der Waals surface area contributed by atoms with Gasteiger partial charge in [0.1, 0.15) is 9.84 Å². The van der Waals surface area contributed by atoms with Crippen LogP contribution in [0.15, 0.2) is 30.3 Å². The van der Waals surface area contributed by atoms with Gasteiger partial charge in [-0.1, -0.05) is 18.2 Å². The summed E-state index contributed by atoms with van der Waals surface area (Å²) in [6.07, 6.45) is 0.706. The molecule has 20 heavy (non-hydrogen) atoms. The Hall–Kier alpha value is -1.89. The molecule has 0 saturated heterocycles. The normalized spacial score (nSPS) is 11.1. The fourth-order valence-electron chi connectivity index (χ4n) is 1.62. The minimum absolute atomic E-state index is 0.0158. The summed E-state index contributed by atoms with van der Waals surface area (Å²) in [5, 5.41) is 8.72. The highest BCUT2D eigenvalue weighted by atomic mass is 32.2.